The van der Waals surface area contributed by atoms with E-state index in [0.717, 1.165) is 27.1 Å². The van der Waals surface area contributed by atoms with Crippen LogP contribution in [0, 0.1) is 6.92 Å². The van der Waals surface area contributed by atoms with Crippen LogP contribution in [0.5, 0.6) is 0 Å². The van der Waals surface area contributed by atoms with E-state index in [-0.39, 0.29) is 5.91 Å². The van der Waals surface area contributed by atoms with E-state index in [9.17, 15) is 4.79 Å². The number of amides is 1. The molecular weight excluding hydrogens is 354 g/mol. The third-order valence-corrected chi connectivity index (χ3v) is 5.88. The van der Waals surface area contributed by atoms with E-state index in [1.165, 1.54) is 22.7 Å². The second kappa shape index (κ2) is 7.79. The van der Waals surface area contributed by atoms with Crippen LogP contribution < -0.4 is 5.32 Å². The monoisotopic (exact) mass is 373 g/mol. The van der Waals surface area contributed by atoms with Gasteiger partial charge in [-0.15, -0.1) is 22.7 Å². The van der Waals surface area contributed by atoms with Gasteiger partial charge >= 0.3 is 0 Å². The molecule has 0 saturated heterocycles. The number of hydrogen-bond acceptors (Lipinski definition) is 7. The summed E-state index contributed by atoms with van der Waals surface area (Å²) < 4.78 is 0. The molecule has 0 aliphatic carbocycles. The molecule has 0 atom stereocenters. The summed E-state index contributed by atoms with van der Waals surface area (Å²) in [7, 11) is 0. The minimum atomic E-state index is -0.0636. The van der Waals surface area contributed by atoms with Gasteiger partial charge < -0.3 is 5.32 Å². The fourth-order valence-corrected chi connectivity index (χ4v) is 4.01. The van der Waals surface area contributed by atoms with Crippen molar-refractivity contribution in [1.82, 2.24) is 25.3 Å². The molecule has 25 heavy (non-hydrogen) atoms. The molecule has 0 spiro atoms. The Morgan fingerprint density at radius 3 is 2.80 bits per heavy atom. The van der Waals surface area contributed by atoms with Gasteiger partial charge in [0.2, 0.25) is 0 Å². The lowest BCUT2D eigenvalue weighted by atomic mass is 10.2. The van der Waals surface area contributed by atoms with Gasteiger partial charge in [-0.3, -0.25) is 14.8 Å². The summed E-state index contributed by atoms with van der Waals surface area (Å²) in [4.78, 5) is 30.4. The standard InChI is InChI=1S/C17H19N5OS2/c1-10(2)16-21-11(3)14(25-16)15(23)20-5-4-12-9-24-17(22-12)13-8-18-6-7-19-13/h6-10H,4-5H2,1-3H3,(H,20,23). The molecule has 0 fully saturated rings. The van der Waals surface area contributed by atoms with E-state index in [1.807, 2.05) is 12.3 Å². The lowest BCUT2D eigenvalue weighted by Crippen LogP contribution is -2.25. The molecule has 1 N–H and O–H groups in total. The van der Waals surface area contributed by atoms with Crippen molar-refractivity contribution >= 4 is 28.6 Å². The Hall–Kier alpha value is -2.19. The summed E-state index contributed by atoms with van der Waals surface area (Å²) in [6.45, 7) is 6.58. The van der Waals surface area contributed by atoms with Crippen molar-refractivity contribution in [3.05, 3.63) is 45.2 Å². The number of nitrogens with zero attached hydrogens (tertiary/aromatic N) is 4. The number of thiazole rings is 2. The zero-order chi connectivity index (χ0) is 17.8. The molecule has 0 bridgehead atoms. The van der Waals surface area contributed by atoms with E-state index in [1.54, 1.807) is 18.6 Å². The largest absolute Gasteiger partial charge is 0.351 e. The van der Waals surface area contributed by atoms with Crippen LogP contribution in [0.1, 0.15) is 45.8 Å². The Morgan fingerprint density at radius 2 is 2.12 bits per heavy atom. The number of aryl methyl sites for hydroxylation is 1. The topological polar surface area (TPSA) is 80.7 Å². The Morgan fingerprint density at radius 1 is 1.28 bits per heavy atom. The predicted molar refractivity (Wildman–Crippen MR) is 100 cm³/mol. The molecule has 3 aromatic rings. The summed E-state index contributed by atoms with van der Waals surface area (Å²) in [6.07, 6.45) is 5.67. The van der Waals surface area contributed by atoms with Crippen molar-refractivity contribution in [2.24, 2.45) is 0 Å². The van der Waals surface area contributed by atoms with Crippen molar-refractivity contribution < 1.29 is 4.79 Å². The fraction of sp³-hybridized carbons (Fsp3) is 0.353. The first-order valence-electron chi connectivity index (χ1n) is 8.01. The van der Waals surface area contributed by atoms with Crippen LogP contribution in [0.15, 0.2) is 24.0 Å². The average molecular weight is 374 g/mol. The highest BCUT2D eigenvalue weighted by molar-refractivity contribution is 7.14. The first-order valence-corrected chi connectivity index (χ1v) is 9.70. The minimum Gasteiger partial charge on any atom is -0.351 e. The normalized spacial score (nSPS) is 11.0. The summed E-state index contributed by atoms with van der Waals surface area (Å²) in [5.74, 6) is 0.269. The van der Waals surface area contributed by atoms with Crippen molar-refractivity contribution in [3.63, 3.8) is 0 Å². The molecular formula is C17H19N5OS2. The second-order valence-corrected chi connectivity index (χ2v) is 7.75. The molecule has 3 heterocycles. The van der Waals surface area contributed by atoms with Gasteiger partial charge in [0, 0.05) is 36.7 Å². The molecule has 0 saturated carbocycles. The molecule has 6 nitrogen and oxygen atoms in total. The van der Waals surface area contributed by atoms with Crippen LogP contribution in [0.25, 0.3) is 10.7 Å². The first-order chi connectivity index (χ1) is 12.0. The highest BCUT2D eigenvalue weighted by atomic mass is 32.1. The molecule has 0 aliphatic rings. The molecule has 3 rings (SSSR count). The van der Waals surface area contributed by atoms with Crippen LogP contribution >= 0.6 is 22.7 Å². The van der Waals surface area contributed by atoms with E-state index < -0.39 is 0 Å². The maximum absolute atomic E-state index is 12.3. The third kappa shape index (κ3) is 4.26. The molecule has 0 unspecified atom stereocenters. The van der Waals surface area contributed by atoms with E-state index in [2.05, 4.69) is 39.1 Å². The van der Waals surface area contributed by atoms with Gasteiger partial charge in [-0.1, -0.05) is 13.8 Å². The number of hydrogen-bond donors (Lipinski definition) is 1. The SMILES string of the molecule is Cc1nc(C(C)C)sc1C(=O)NCCc1csc(-c2cnccn2)n1. The van der Waals surface area contributed by atoms with Crippen LogP contribution in [-0.4, -0.2) is 32.4 Å². The van der Waals surface area contributed by atoms with Crippen LogP contribution in [0.4, 0.5) is 0 Å². The smallest absolute Gasteiger partial charge is 0.263 e. The van der Waals surface area contributed by atoms with E-state index >= 15 is 0 Å². The van der Waals surface area contributed by atoms with E-state index in [4.69, 9.17) is 0 Å². The van der Waals surface area contributed by atoms with Crippen molar-refractivity contribution in [3.8, 4) is 10.7 Å². The molecule has 1 amide bonds. The summed E-state index contributed by atoms with van der Waals surface area (Å²) in [5.41, 5.74) is 2.50. The zero-order valence-corrected chi connectivity index (χ0v) is 15.9. The average Bonchev–Trinajstić information content (AvgIpc) is 3.22. The summed E-state index contributed by atoms with van der Waals surface area (Å²) in [5, 5.41) is 6.79. The number of carbonyl (C=O) groups is 1. The van der Waals surface area contributed by atoms with Gasteiger partial charge in [-0.2, -0.15) is 0 Å². The Labute approximate surface area is 154 Å². The summed E-state index contributed by atoms with van der Waals surface area (Å²) in [6, 6.07) is 0. The van der Waals surface area contributed by atoms with Gasteiger partial charge in [0.05, 0.1) is 22.6 Å². The third-order valence-electron chi connectivity index (χ3n) is 3.51. The Balaban J connectivity index is 1.56. The van der Waals surface area contributed by atoms with Crippen LogP contribution in [0.2, 0.25) is 0 Å². The van der Waals surface area contributed by atoms with Gasteiger partial charge in [0.15, 0.2) is 0 Å². The van der Waals surface area contributed by atoms with E-state index in [0.29, 0.717) is 23.8 Å². The highest BCUT2D eigenvalue weighted by Gasteiger charge is 2.16. The zero-order valence-electron chi connectivity index (χ0n) is 14.3. The summed E-state index contributed by atoms with van der Waals surface area (Å²) >= 11 is 3.00. The van der Waals surface area contributed by atoms with Crippen molar-refractivity contribution in [1.29, 1.82) is 0 Å². The van der Waals surface area contributed by atoms with Crippen molar-refractivity contribution in [2.45, 2.75) is 33.1 Å². The highest BCUT2D eigenvalue weighted by Crippen LogP contribution is 2.24. The number of aromatic nitrogens is 4. The fourth-order valence-electron chi connectivity index (χ4n) is 2.21. The van der Waals surface area contributed by atoms with Gasteiger partial charge in [0.25, 0.3) is 5.91 Å². The molecule has 0 aliphatic heterocycles. The molecule has 0 aromatic carbocycles. The van der Waals surface area contributed by atoms with Gasteiger partial charge in [-0.25, -0.2) is 9.97 Å². The van der Waals surface area contributed by atoms with Gasteiger partial charge in [-0.05, 0) is 6.92 Å². The number of carbonyl (C=O) groups excluding carboxylic acids is 1. The number of nitrogens with one attached hydrogen (secondary N) is 1. The van der Waals surface area contributed by atoms with Crippen molar-refractivity contribution in [2.75, 3.05) is 6.54 Å². The maximum Gasteiger partial charge on any atom is 0.263 e. The molecule has 0 radical (unpaired) electrons. The lowest BCUT2D eigenvalue weighted by Gasteiger charge is -2.02. The lowest BCUT2D eigenvalue weighted by molar-refractivity contribution is 0.0957. The van der Waals surface area contributed by atoms with Gasteiger partial charge in [0.1, 0.15) is 15.6 Å². The van der Waals surface area contributed by atoms with Crippen LogP contribution in [0.3, 0.4) is 0 Å². The van der Waals surface area contributed by atoms with Crippen LogP contribution in [-0.2, 0) is 6.42 Å². The quantitative estimate of drug-likeness (QED) is 0.716. The second-order valence-electron chi connectivity index (χ2n) is 5.86. The number of rotatable bonds is 6. The Bertz CT molecular complexity index is 857. The first kappa shape index (κ1) is 17.6. The maximum atomic E-state index is 12.3. The molecule has 130 valence electrons. The molecule has 3 aromatic heterocycles. The Kier molecular flexibility index (Phi) is 5.50. The predicted octanol–water partition coefficient (Wildman–Crippen LogP) is 3.46. The minimum absolute atomic E-state index is 0.0636. The molecule has 8 heteroatoms.